The Hall–Kier alpha value is -3.52. The SMILES string of the molecule is CCOc1cccc(NC(=O)N(C)N)c1COc1ccc(-n2cc(C)c(C)n2)cc1C. The molecule has 0 aliphatic carbocycles. The highest BCUT2D eigenvalue weighted by atomic mass is 16.5. The Labute approximate surface area is 182 Å². The average Bonchev–Trinajstić information content (AvgIpc) is 3.07. The zero-order chi connectivity index (χ0) is 22.5. The minimum atomic E-state index is -0.430. The Morgan fingerprint density at radius 1 is 1.13 bits per heavy atom. The van der Waals surface area contributed by atoms with E-state index < -0.39 is 6.03 Å². The number of benzene rings is 2. The quantitative estimate of drug-likeness (QED) is 0.339. The molecule has 1 aromatic heterocycles. The highest BCUT2D eigenvalue weighted by Crippen LogP contribution is 2.30. The van der Waals surface area contributed by atoms with Crippen molar-refractivity contribution in [1.82, 2.24) is 14.8 Å². The second kappa shape index (κ2) is 9.53. The molecule has 0 radical (unpaired) electrons. The Balaban J connectivity index is 1.83. The van der Waals surface area contributed by atoms with Gasteiger partial charge in [0.25, 0.3) is 0 Å². The van der Waals surface area contributed by atoms with Crippen LogP contribution in [0.15, 0.2) is 42.6 Å². The second-order valence-electron chi connectivity index (χ2n) is 7.34. The van der Waals surface area contributed by atoms with Crippen molar-refractivity contribution in [3.8, 4) is 17.2 Å². The Morgan fingerprint density at radius 3 is 2.52 bits per heavy atom. The monoisotopic (exact) mass is 423 g/mol. The minimum Gasteiger partial charge on any atom is -0.493 e. The van der Waals surface area contributed by atoms with Gasteiger partial charge in [0, 0.05) is 13.2 Å². The fourth-order valence-electron chi connectivity index (χ4n) is 3.09. The lowest BCUT2D eigenvalue weighted by Gasteiger charge is -2.19. The van der Waals surface area contributed by atoms with E-state index in [0.29, 0.717) is 18.0 Å². The first kappa shape index (κ1) is 22.2. The minimum absolute atomic E-state index is 0.222. The predicted octanol–water partition coefficient (Wildman–Crippen LogP) is 4.11. The lowest BCUT2D eigenvalue weighted by molar-refractivity contribution is 0.223. The van der Waals surface area contributed by atoms with Gasteiger partial charge in [-0.1, -0.05) is 6.07 Å². The summed E-state index contributed by atoms with van der Waals surface area (Å²) in [5, 5.41) is 8.31. The number of nitrogens with two attached hydrogens (primary N) is 1. The number of aromatic nitrogens is 2. The van der Waals surface area contributed by atoms with Gasteiger partial charge in [-0.3, -0.25) is 5.01 Å². The number of nitrogens with one attached hydrogen (secondary N) is 1. The number of hydrazine groups is 1. The molecule has 2 amide bonds. The second-order valence-corrected chi connectivity index (χ2v) is 7.34. The van der Waals surface area contributed by atoms with Gasteiger partial charge in [-0.15, -0.1) is 0 Å². The summed E-state index contributed by atoms with van der Waals surface area (Å²) in [7, 11) is 1.48. The molecular formula is C23H29N5O3. The molecule has 0 spiro atoms. The number of rotatable bonds is 7. The maximum absolute atomic E-state index is 12.1. The maximum Gasteiger partial charge on any atom is 0.335 e. The molecule has 2 aromatic carbocycles. The summed E-state index contributed by atoms with van der Waals surface area (Å²) >= 11 is 0. The number of ether oxygens (including phenoxy) is 2. The number of carbonyl (C=O) groups is 1. The van der Waals surface area contributed by atoms with Crippen LogP contribution in [-0.2, 0) is 6.61 Å². The van der Waals surface area contributed by atoms with E-state index in [0.717, 1.165) is 38.8 Å². The van der Waals surface area contributed by atoms with E-state index in [-0.39, 0.29) is 6.61 Å². The van der Waals surface area contributed by atoms with Crippen LogP contribution in [0.25, 0.3) is 5.69 Å². The summed E-state index contributed by atoms with van der Waals surface area (Å²) in [6.07, 6.45) is 2.01. The first-order valence-electron chi connectivity index (χ1n) is 10.1. The molecule has 3 aromatic rings. The van der Waals surface area contributed by atoms with E-state index >= 15 is 0 Å². The van der Waals surface area contributed by atoms with Crippen LogP contribution in [0.5, 0.6) is 11.5 Å². The molecule has 8 nitrogen and oxygen atoms in total. The number of nitrogens with zero attached hydrogens (tertiary/aromatic N) is 3. The number of anilines is 1. The third-order valence-corrected chi connectivity index (χ3v) is 4.93. The fraction of sp³-hybridized carbons (Fsp3) is 0.304. The maximum atomic E-state index is 12.1. The molecule has 0 saturated carbocycles. The van der Waals surface area contributed by atoms with E-state index in [2.05, 4.69) is 10.4 Å². The van der Waals surface area contributed by atoms with E-state index in [4.69, 9.17) is 15.3 Å². The van der Waals surface area contributed by atoms with Crippen LogP contribution < -0.4 is 20.6 Å². The van der Waals surface area contributed by atoms with Gasteiger partial charge < -0.3 is 14.8 Å². The van der Waals surface area contributed by atoms with Crippen LogP contribution in [-0.4, -0.2) is 34.5 Å². The smallest absolute Gasteiger partial charge is 0.335 e. The average molecular weight is 424 g/mol. The van der Waals surface area contributed by atoms with Crippen LogP contribution in [0, 0.1) is 20.8 Å². The van der Waals surface area contributed by atoms with Gasteiger partial charge >= 0.3 is 6.03 Å². The van der Waals surface area contributed by atoms with E-state index in [1.54, 1.807) is 6.07 Å². The molecule has 31 heavy (non-hydrogen) atoms. The summed E-state index contributed by atoms with van der Waals surface area (Å²) in [6, 6.07) is 10.9. The van der Waals surface area contributed by atoms with E-state index in [9.17, 15) is 4.79 Å². The largest absolute Gasteiger partial charge is 0.493 e. The number of carbonyl (C=O) groups excluding carboxylic acids is 1. The zero-order valence-corrected chi connectivity index (χ0v) is 18.6. The number of aryl methyl sites for hydroxylation is 3. The Bertz CT molecular complexity index is 1060. The molecule has 0 aliphatic rings. The van der Waals surface area contributed by atoms with Crippen molar-refractivity contribution >= 4 is 11.7 Å². The van der Waals surface area contributed by atoms with Gasteiger partial charge in [0.05, 0.1) is 29.2 Å². The molecule has 0 atom stereocenters. The standard InChI is InChI=1S/C23H29N5O3/c1-6-30-22-9-7-8-20(25-23(29)27(5)24)19(22)14-31-21-11-10-18(12-15(21)2)28-13-16(3)17(4)26-28/h7-13H,6,14,24H2,1-5H3,(H,25,29). The molecule has 8 heteroatoms. The summed E-state index contributed by atoms with van der Waals surface area (Å²) in [5.41, 5.74) is 5.41. The molecule has 3 N–H and O–H groups in total. The highest BCUT2D eigenvalue weighted by Gasteiger charge is 2.15. The van der Waals surface area contributed by atoms with Crippen LogP contribution in [0.4, 0.5) is 10.5 Å². The van der Waals surface area contributed by atoms with Gasteiger partial charge in [0.15, 0.2) is 0 Å². The lowest BCUT2D eigenvalue weighted by atomic mass is 10.1. The first-order chi connectivity index (χ1) is 14.8. The highest BCUT2D eigenvalue weighted by molar-refractivity contribution is 5.90. The molecule has 0 bridgehead atoms. The van der Waals surface area contributed by atoms with Crippen LogP contribution >= 0.6 is 0 Å². The third-order valence-electron chi connectivity index (χ3n) is 4.93. The molecule has 3 rings (SSSR count). The van der Waals surface area contributed by atoms with Gasteiger partial charge in [0.1, 0.15) is 18.1 Å². The summed E-state index contributed by atoms with van der Waals surface area (Å²) in [4.78, 5) is 12.1. The van der Waals surface area contributed by atoms with Gasteiger partial charge in [-0.05, 0) is 69.2 Å². The normalized spacial score (nSPS) is 10.6. The van der Waals surface area contributed by atoms with Crippen molar-refractivity contribution < 1.29 is 14.3 Å². The number of amides is 2. The fourth-order valence-corrected chi connectivity index (χ4v) is 3.09. The van der Waals surface area contributed by atoms with E-state index in [1.807, 2.05) is 68.9 Å². The zero-order valence-electron chi connectivity index (χ0n) is 18.6. The van der Waals surface area contributed by atoms with E-state index in [1.165, 1.54) is 7.05 Å². The topological polar surface area (TPSA) is 94.6 Å². The number of hydrogen-bond donors (Lipinski definition) is 2. The van der Waals surface area contributed by atoms with Crippen molar-refractivity contribution in [3.63, 3.8) is 0 Å². The predicted molar refractivity (Wildman–Crippen MR) is 121 cm³/mol. The van der Waals surface area contributed by atoms with Crippen molar-refractivity contribution in [1.29, 1.82) is 0 Å². The van der Waals surface area contributed by atoms with Crippen molar-refractivity contribution in [2.45, 2.75) is 34.3 Å². The summed E-state index contributed by atoms with van der Waals surface area (Å²) in [6.45, 7) is 8.65. The van der Waals surface area contributed by atoms with Crippen molar-refractivity contribution in [2.75, 3.05) is 19.0 Å². The van der Waals surface area contributed by atoms with Gasteiger partial charge in [-0.25, -0.2) is 15.3 Å². The molecule has 0 unspecified atom stereocenters. The van der Waals surface area contributed by atoms with Crippen LogP contribution in [0.1, 0.15) is 29.3 Å². The molecule has 0 aliphatic heterocycles. The summed E-state index contributed by atoms with van der Waals surface area (Å²) < 4.78 is 13.7. The molecule has 164 valence electrons. The molecule has 0 fully saturated rings. The van der Waals surface area contributed by atoms with Crippen LogP contribution in [0.3, 0.4) is 0 Å². The van der Waals surface area contributed by atoms with Gasteiger partial charge in [-0.2, -0.15) is 5.10 Å². The molecular weight excluding hydrogens is 394 g/mol. The third kappa shape index (κ3) is 5.16. The van der Waals surface area contributed by atoms with Gasteiger partial charge in [0.2, 0.25) is 0 Å². The Morgan fingerprint density at radius 2 is 1.90 bits per heavy atom. The van der Waals surface area contributed by atoms with Crippen LogP contribution in [0.2, 0.25) is 0 Å². The first-order valence-corrected chi connectivity index (χ1v) is 10.1. The summed E-state index contributed by atoms with van der Waals surface area (Å²) in [5.74, 6) is 6.93. The Kier molecular flexibility index (Phi) is 6.81. The van der Waals surface area contributed by atoms with Crippen molar-refractivity contribution in [3.05, 3.63) is 65.0 Å². The number of urea groups is 1. The lowest BCUT2D eigenvalue weighted by Crippen LogP contribution is -2.37. The molecule has 0 saturated heterocycles. The molecule has 1 heterocycles. The van der Waals surface area contributed by atoms with Crippen molar-refractivity contribution in [2.24, 2.45) is 5.84 Å². The number of hydrogen-bond acceptors (Lipinski definition) is 5.